The molecule has 142 valence electrons. The van der Waals surface area contributed by atoms with Crippen molar-refractivity contribution >= 4 is 12.0 Å². The van der Waals surface area contributed by atoms with Crippen LogP contribution in [0.2, 0.25) is 0 Å². The maximum atomic E-state index is 4.85. The molecule has 0 amide bonds. The van der Waals surface area contributed by atoms with E-state index in [1.807, 2.05) is 0 Å². The summed E-state index contributed by atoms with van der Waals surface area (Å²) in [4.78, 5) is 7.22. The Balaban J connectivity index is 1.40. The number of aromatic nitrogens is 3. The van der Waals surface area contributed by atoms with Gasteiger partial charge >= 0.3 is 0 Å². The molecule has 1 saturated heterocycles. The summed E-state index contributed by atoms with van der Waals surface area (Å²) in [6.07, 6.45) is 6.71. The molecule has 6 heteroatoms. The van der Waals surface area contributed by atoms with Gasteiger partial charge in [0.25, 0.3) is 0 Å². The van der Waals surface area contributed by atoms with Crippen LogP contribution in [-0.2, 0) is 19.5 Å². The van der Waals surface area contributed by atoms with Gasteiger partial charge in [-0.05, 0) is 31.7 Å². The molecular formula is C21H28N6. The van der Waals surface area contributed by atoms with E-state index in [0.29, 0.717) is 6.54 Å². The summed E-state index contributed by atoms with van der Waals surface area (Å²) in [5.74, 6) is 3.09. The van der Waals surface area contributed by atoms with Crippen molar-refractivity contribution in [3.8, 4) is 0 Å². The molecule has 0 unspecified atom stereocenters. The molecule has 1 aromatic heterocycles. The van der Waals surface area contributed by atoms with Gasteiger partial charge in [-0.1, -0.05) is 42.0 Å². The number of rotatable bonds is 4. The summed E-state index contributed by atoms with van der Waals surface area (Å²) in [5, 5.41) is 12.1. The Labute approximate surface area is 161 Å². The first-order valence-electron chi connectivity index (χ1n) is 10.0. The van der Waals surface area contributed by atoms with Crippen LogP contribution in [0.15, 0.2) is 40.9 Å². The molecule has 3 heterocycles. The van der Waals surface area contributed by atoms with Crippen molar-refractivity contribution in [2.24, 2.45) is 4.99 Å². The van der Waals surface area contributed by atoms with E-state index in [0.717, 1.165) is 63.0 Å². The lowest BCUT2D eigenvalue weighted by Crippen LogP contribution is -2.44. The molecule has 2 aromatic rings. The van der Waals surface area contributed by atoms with E-state index in [1.54, 1.807) is 0 Å². The quantitative estimate of drug-likeness (QED) is 0.669. The molecule has 27 heavy (non-hydrogen) atoms. The van der Waals surface area contributed by atoms with Crippen molar-refractivity contribution in [1.82, 2.24) is 25.0 Å². The van der Waals surface area contributed by atoms with Gasteiger partial charge in [0, 0.05) is 32.6 Å². The van der Waals surface area contributed by atoms with Gasteiger partial charge in [-0.2, -0.15) is 0 Å². The van der Waals surface area contributed by atoms with E-state index >= 15 is 0 Å². The van der Waals surface area contributed by atoms with Gasteiger partial charge in [-0.15, -0.1) is 10.2 Å². The number of guanidine groups is 1. The second kappa shape index (κ2) is 8.37. The van der Waals surface area contributed by atoms with Gasteiger partial charge in [0.1, 0.15) is 12.4 Å². The number of nitrogens with one attached hydrogen (secondary N) is 1. The fourth-order valence-electron chi connectivity index (χ4n) is 3.83. The number of hydrogen-bond acceptors (Lipinski definition) is 3. The van der Waals surface area contributed by atoms with E-state index in [4.69, 9.17) is 4.99 Å². The number of benzene rings is 1. The molecular weight excluding hydrogens is 336 g/mol. The standard InChI is InChI=1S/C21H28N6/c1-2-22-21(23-16-20-25-24-19-9-6-12-27(19)20)26-13-10-18(11-14-26)15-17-7-4-3-5-8-17/h3-5,7-8,15H,2,6,9-14,16H2,1H3,(H,22,23). The molecule has 1 fully saturated rings. The second-order valence-corrected chi connectivity index (χ2v) is 7.16. The predicted octanol–water partition coefficient (Wildman–Crippen LogP) is 2.87. The number of piperidine rings is 1. The Morgan fingerprint density at radius 1 is 1.11 bits per heavy atom. The lowest BCUT2D eigenvalue weighted by Gasteiger charge is -2.31. The molecule has 2 aliphatic heterocycles. The minimum atomic E-state index is 0.596. The molecule has 1 aromatic carbocycles. The summed E-state index contributed by atoms with van der Waals surface area (Å²) in [5.41, 5.74) is 2.81. The van der Waals surface area contributed by atoms with E-state index in [-0.39, 0.29) is 0 Å². The highest BCUT2D eigenvalue weighted by atomic mass is 15.3. The Hall–Kier alpha value is -2.63. The van der Waals surface area contributed by atoms with Crippen molar-refractivity contribution in [1.29, 1.82) is 0 Å². The summed E-state index contributed by atoms with van der Waals surface area (Å²) < 4.78 is 2.23. The van der Waals surface area contributed by atoms with Crippen LogP contribution >= 0.6 is 0 Å². The minimum absolute atomic E-state index is 0.596. The van der Waals surface area contributed by atoms with Crippen molar-refractivity contribution in [2.75, 3.05) is 19.6 Å². The Morgan fingerprint density at radius 3 is 2.70 bits per heavy atom. The smallest absolute Gasteiger partial charge is 0.194 e. The molecule has 6 nitrogen and oxygen atoms in total. The highest BCUT2D eigenvalue weighted by Gasteiger charge is 2.19. The first-order valence-corrected chi connectivity index (χ1v) is 10.0. The third kappa shape index (κ3) is 4.21. The van der Waals surface area contributed by atoms with Crippen molar-refractivity contribution in [2.45, 2.75) is 45.7 Å². The van der Waals surface area contributed by atoms with Crippen LogP contribution in [0.4, 0.5) is 0 Å². The first-order chi connectivity index (χ1) is 13.3. The predicted molar refractivity (Wildman–Crippen MR) is 108 cm³/mol. The number of aryl methyl sites for hydroxylation is 1. The molecule has 1 N–H and O–H groups in total. The maximum Gasteiger partial charge on any atom is 0.194 e. The van der Waals surface area contributed by atoms with Crippen LogP contribution in [0.25, 0.3) is 6.08 Å². The fourth-order valence-corrected chi connectivity index (χ4v) is 3.83. The summed E-state index contributed by atoms with van der Waals surface area (Å²) in [7, 11) is 0. The number of fused-ring (bicyclic) bond motifs is 1. The largest absolute Gasteiger partial charge is 0.357 e. The Kier molecular flexibility index (Phi) is 5.51. The molecule has 0 aliphatic carbocycles. The number of likely N-dealkylation sites (tertiary alicyclic amines) is 1. The molecule has 2 aliphatic rings. The van der Waals surface area contributed by atoms with Crippen LogP contribution in [0.5, 0.6) is 0 Å². The topological polar surface area (TPSA) is 58.3 Å². The van der Waals surface area contributed by atoms with Crippen LogP contribution in [0.3, 0.4) is 0 Å². The summed E-state index contributed by atoms with van der Waals surface area (Å²) in [6.45, 7) is 6.62. The number of aliphatic imine (C=N–C) groups is 1. The Bertz CT molecular complexity index is 810. The minimum Gasteiger partial charge on any atom is -0.357 e. The lowest BCUT2D eigenvalue weighted by atomic mass is 10.0. The number of nitrogens with zero attached hydrogens (tertiary/aromatic N) is 5. The summed E-state index contributed by atoms with van der Waals surface area (Å²) >= 11 is 0. The molecule has 4 rings (SSSR count). The summed E-state index contributed by atoms with van der Waals surface area (Å²) in [6, 6.07) is 10.6. The highest BCUT2D eigenvalue weighted by Crippen LogP contribution is 2.20. The average Bonchev–Trinajstić information content (AvgIpc) is 3.31. The maximum absolute atomic E-state index is 4.85. The molecule has 0 spiro atoms. The van der Waals surface area contributed by atoms with Gasteiger partial charge < -0.3 is 14.8 Å². The Morgan fingerprint density at radius 2 is 1.93 bits per heavy atom. The van der Waals surface area contributed by atoms with Gasteiger partial charge in [0.2, 0.25) is 0 Å². The first kappa shape index (κ1) is 17.8. The van der Waals surface area contributed by atoms with E-state index in [9.17, 15) is 0 Å². The SMILES string of the molecule is CCNC(=NCc1nnc2n1CCC2)N1CCC(=Cc2ccccc2)CC1. The highest BCUT2D eigenvalue weighted by molar-refractivity contribution is 5.80. The van der Waals surface area contributed by atoms with Crippen LogP contribution in [0.1, 0.15) is 43.4 Å². The van der Waals surface area contributed by atoms with Gasteiger partial charge in [0.15, 0.2) is 11.8 Å². The zero-order chi connectivity index (χ0) is 18.5. The molecule has 0 bridgehead atoms. The zero-order valence-corrected chi connectivity index (χ0v) is 16.1. The normalized spacial score (nSPS) is 17.1. The monoisotopic (exact) mass is 364 g/mol. The van der Waals surface area contributed by atoms with Crippen LogP contribution in [-0.4, -0.2) is 45.3 Å². The van der Waals surface area contributed by atoms with Crippen molar-refractivity contribution in [3.63, 3.8) is 0 Å². The van der Waals surface area contributed by atoms with Crippen LogP contribution in [0, 0.1) is 0 Å². The average molecular weight is 364 g/mol. The van der Waals surface area contributed by atoms with Gasteiger partial charge in [-0.3, -0.25) is 0 Å². The third-order valence-electron chi connectivity index (χ3n) is 5.27. The van der Waals surface area contributed by atoms with E-state index < -0.39 is 0 Å². The second-order valence-electron chi connectivity index (χ2n) is 7.16. The van der Waals surface area contributed by atoms with Crippen LogP contribution < -0.4 is 5.32 Å². The number of hydrogen-bond donors (Lipinski definition) is 1. The molecule has 0 radical (unpaired) electrons. The zero-order valence-electron chi connectivity index (χ0n) is 16.1. The van der Waals surface area contributed by atoms with Crippen molar-refractivity contribution in [3.05, 3.63) is 53.1 Å². The fraction of sp³-hybridized carbons (Fsp3) is 0.476. The van der Waals surface area contributed by atoms with Gasteiger partial charge in [-0.25, -0.2) is 4.99 Å². The molecule has 0 saturated carbocycles. The van der Waals surface area contributed by atoms with E-state index in [1.165, 1.54) is 17.6 Å². The third-order valence-corrected chi connectivity index (χ3v) is 5.27. The van der Waals surface area contributed by atoms with Crippen molar-refractivity contribution < 1.29 is 0 Å². The molecule has 0 atom stereocenters. The lowest BCUT2D eigenvalue weighted by molar-refractivity contribution is 0.375. The van der Waals surface area contributed by atoms with E-state index in [2.05, 4.69) is 68.3 Å². The van der Waals surface area contributed by atoms with Gasteiger partial charge in [0.05, 0.1) is 0 Å².